The minimum atomic E-state index is -0.600. The van der Waals surface area contributed by atoms with Gasteiger partial charge in [-0.3, -0.25) is 15.0 Å². The van der Waals surface area contributed by atoms with Crippen molar-refractivity contribution in [3.63, 3.8) is 0 Å². The first-order valence-corrected chi connectivity index (χ1v) is 7.50. The number of rotatable bonds is 3. The molecule has 1 aliphatic heterocycles. The quantitative estimate of drug-likeness (QED) is 0.843. The highest BCUT2D eigenvalue weighted by molar-refractivity contribution is 6.00. The molecule has 24 heavy (non-hydrogen) atoms. The smallest absolute Gasteiger partial charge is 0.310 e. The van der Waals surface area contributed by atoms with E-state index in [1.807, 2.05) is 13.8 Å². The summed E-state index contributed by atoms with van der Waals surface area (Å²) in [4.78, 5) is 31.3. The number of carbonyl (C=O) groups excluding carboxylic acids is 2. The fourth-order valence-electron chi connectivity index (χ4n) is 2.50. The Morgan fingerprint density at radius 1 is 1.50 bits per heavy atom. The van der Waals surface area contributed by atoms with Crippen LogP contribution in [0.1, 0.15) is 19.4 Å². The molecule has 1 aliphatic rings. The van der Waals surface area contributed by atoms with Gasteiger partial charge in [-0.15, -0.1) is 0 Å². The molecule has 8 nitrogen and oxygen atoms in total. The number of aromatic nitrogens is 3. The molecule has 0 saturated heterocycles. The predicted molar refractivity (Wildman–Crippen MR) is 86.9 cm³/mol. The third kappa shape index (κ3) is 2.84. The van der Waals surface area contributed by atoms with E-state index in [4.69, 9.17) is 6.57 Å². The van der Waals surface area contributed by atoms with Crippen LogP contribution in [0.25, 0.3) is 16.0 Å². The lowest BCUT2D eigenvalue weighted by Crippen LogP contribution is -2.38. The molecule has 2 aromatic rings. The number of nitrogens with one attached hydrogen (secondary N) is 2. The van der Waals surface area contributed by atoms with E-state index in [1.54, 1.807) is 24.7 Å². The van der Waals surface area contributed by atoms with E-state index in [1.165, 1.54) is 0 Å². The summed E-state index contributed by atoms with van der Waals surface area (Å²) in [6, 6.07) is 1.32. The zero-order chi connectivity index (χ0) is 17.3. The normalized spacial score (nSPS) is 14.0. The number of pyridine rings is 1. The van der Waals surface area contributed by atoms with Crippen molar-refractivity contribution in [1.29, 1.82) is 0 Å². The summed E-state index contributed by atoms with van der Waals surface area (Å²) < 4.78 is 1.16. The molecule has 0 fully saturated rings. The molecule has 2 aromatic heterocycles. The van der Waals surface area contributed by atoms with Crippen LogP contribution in [0.2, 0.25) is 0 Å². The largest absolute Gasteiger partial charge is 0.347 e. The number of amides is 2. The Bertz CT molecular complexity index is 848. The first-order chi connectivity index (χ1) is 11.5. The lowest BCUT2D eigenvalue weighted by atomic mass is 10.0. The van der Waals surface area contributed by atoms with Gasteiger partial charge in [0, 0.05) is 29.4 Å². The van der Waals surface area contributed by atoms with Crippen molar-refractivity contribution in [3.05, 3.63) is 41.6 Å². The number of anilines is 1. The van der Waals surface area contributed by atoms with Crippen LogP contribution in [0.4, 0.5) is 10.6 Å². The zero-order valence-corrected chi connectivity index (χ0v) is 13.3. The number of hydrogen-bond acceptors (Lipinski definition) is 4. The van der Waals surface area contributed by atoms with Crippen LogP contribution in [0, 0.1) is 12.5 Å². The van der Waals surface area contributed by atoms with Gasteiger partial charge in [0.1, 0.15) is 5.82 Å². The van der Waals surface area contributed by atoms with E-state index in [2.05, 4.69) is 25.6 Å². The van der Waals surface area contributed by atoms with Crippen LogP contribution in [0.5, 0.6) is 0 Å². The maximum atomic E-state index is 12.2. The second-order valence-corrected chi connectivity index (χ2v) is 5.85. The summed E-state index contributed by atoms with van der Waals surface area (Å²) in [5, 5.41) is 9.39. The second kappa shape index (κ2) is 6.12. The minimum absolute atomic E-state index is 0.00189. The standard InChI is InChI=1S/C16H16N6O2/c1-9(2)14(17-3)21-16(24)22-8-10(7-19-22)11-4-5-18-15-12(11)6-13(23)20-15/h4-5,7-9,14H,6H2,1-2H3,(H,21,24)(H,18,20,23). The van der Waals surface area contributed by atoms with Gasteiger partial charge in [-0.05, 0) is 11.6 Å². The Kier molecular flexibility index (Phi) is 4.00. The zero-order valence-electron chi connectivity index (χ0n) is 13.3. The van der Waals surface area contributed by atoms with E-state index in [0.29, 0.717) is 11.4 Å². The van der Waals surface area contributed by atoms with E-state index in [-0.39, 0.29) is 18.2 Å². The monoisotopic (exact) mass is 324 g/mol. The van der Waals surface area contributed by atoms with Gasteiger partial charge in [0.2, 0.25) is 5.91 Å². The van der Waals surface area contributed by atoms with E-state index in [9.17, 15) is 9.59 Å². The van der Waals surface area contributed by atoms with Gasteiger partial charge in [0.15, 0.2) is 0 Å². The number of fused-ring (bicyclic) bond motifs is 1. The molecule has 2 amide bonds. The van der Waals surface area contributed by atoms with Gasteiger partial charge < -0.3 is 5.32 Å². The van der Waals surface area contributed by atoms with Gasteiger partial charge in [-0.2, -0.15) is 9.78 Å². The van der Waals surface area contributed by atoms with Crippen molar-refractivity contribution in [3.8, 4) is 11.1 Å². The Labute approximate surface area is 138 Å². The second-order valence-electron chi connectivity index (χ2n) is 5.85. The van der Waals surface area contributed by atoms with Crippen molar-refractivity contribution >= 4 is 17.8 Å². The summed E-state index contributed by atoms with van der Waals surface area (Å²) in [5.41, 5.74) is 2.32. The highest BCUT2D eigenvalue weighted by Crippen LogP contribution is 2.31. The van der Waals surface area contributed by atoms with Gasteiger partial charge in [-0.25, -0.2) is 16.4 Å². The molecule has 0 bridgehead atoms. The van der Waals surface area contributed by atoms with E-state index in [0.717, 1.165) is 15.8 Å². The SMILES string of the molecule is [C-]#[N+]C(NC(=O)n1cc(-c2ccnc3c2CC(=O)N3)cn1)C(C)C. The Morgan fingerprint density at radius 3 is 3.00 bits per heavy atom. The molecule has 1 unspecified atom stereocenters. The van der Waals surface area contributed by atoms with Crippen LogP contribution in [0.15, 0.2) is 24.7 Å². The number of hydrogen-bond donors (Lipinski definition) is 2. The van der Waals surface area contributed by atoms with Crippen molar-refractivity contribution in [1.82, 2.24) is 20.1 Å². The molecule has 3 rings (SSSR count). The fourth-order valence-corrected chi connectivity index (χ4v) is 2.50. The fraction of sp³-hybridized carbons (Fsp3) is 0.312. The molecule has 2 N–H and O–H groups in total. The highest BCUT2D eigenvalue weighted by Gasteiger charge is 2.24. The number of carbonyl (C=O) groups is 2. The summed E-state index contributed by atoms with van der Waals surface area (Å²) in [6.45, 7) is 10.8. The summed E-state index contributed by atoms with van der Waals surface area (Å²) in [7, 11) is 0. The Hall–Kier alpha value is -3.21. The van der Waals surface area contributed by atoms with Crippen LogP contribution in [-0.4, -0.2) is 32.9 Å². The van der Waals surface area contributed by atoms with E-state index < -0.39 is 12.2 Å². The molecule has 0 spiro atoms. The lowest BCUT2D eigenvalue weighted by Gasteiger charge is -2.10. The van der Waals surface area contributed by atoms with E-state index >= 15 is 0 Å². The molecule has 8 heteroatoms. The van der Waals surface area contributed by atoms with Crippen LogP contribution >= 0.6 is 0 Å². The molecule has 0 aliphatic carbocycles. The summed E-state index contributed by atoms with van der Waals surface area (Å²) >= 11 is 0. The highest BCUT2D eigenvalue weighted by atomic mass is 16.2. The van der Waals surface area contributed by atoms with Gasteiger partial charge in [-0.1, -0.05) is 13.8 Å². The Balaban J connectivity index is 1.85. The maximum absolute atomic E-state index is 12.2. The average Bonchev–Trinajstić information content (AvgIpc) is 3.17. The molecule has 0 radical (unpaired) electrons. The van der Waals surface area contributed by atoms with Crippen molar-refractivity contribution in [2.75, 3.05) is 5.32 Å². The molecule has 0 aromatic carbocycles. The minimum Gasteiger partial charge on any atom is -0.310 e. The number of nitrogens with zero attached hydrogens (tertiary/aromatic N) is 4. The van der Waals surface area contributed by atoms with Crippen molar-refractivity contribution in [2.45, 2.75) is 26.4 Å². The van der Waals surface area contributed by atoms with Crippen LogP contribution < -0.4 is 10.6 Å². The first-order valence-electron chi connectivity index (χ1n) is 7.50. The third-order valence-electron chi connectivity index (χ3n) is 3.79. The third-order valence-corrected chi connectivity index (χ3v) is 3.79. The average molecular weight is 324 g/mol. The maximum Gasteiger partial charge on any atom is 0.347 e. The predicted octanol–water partition coefficient (Wildman–Crippen LogP) is 1.90. The van der Waals surface area contributed by atoms with Gasteiger partial charge in [0.25, 0.3) is 0 Å². The molecule has 3 heterocycles. The van der Waals surface area contributed by atoms with Crippen molar-refractivity contribution in [2.24, 2.45) is 5.92 Å². The molecule has 1 atom stereocenters. The lowest BCUT2D eigenvalue weighted by molar-refractivity contribution is -0.115. The van der Waals surface area contributed by atoms with Crippen molar-refractivity contribution < 1.29 is 9.59 Å². The molecular formula is C16H16N6O2. The summed E-state index contributed by atoms with van der Waals surface area (Å²) in [5.74, 6) is 0.441. The molecule has 122 valence electrons. The Morgan fingerprint density at radius 2 is 2.29 bits per heavy atom. The first kappa shape index (κ1) is 15.7. The molecule has 0 saturated carbocycles. The van der Waals surface area contributed by atoms with Crippen LogP contribution in [-0.2, 0) is 11.2 Å². The summed E-state index contributed by atoms with van der Waals surface area (Å²) in [6.07, 6.45) is 4.39. The van der Waals surface area contributed by atoms with Gasteiger partial charge >= 0.3 is 12.2 Å². The van der Waals surface area contributed by atoms with Crippen LogP contribution in [0.3, 0.4) is 0 Å². The topological polar surface area (TPSA) is 93.3 Å². The van der Waals surface area contributed by atoms with Gasteiger partial charge in [0.05, 0.1) is 12.6 Å². The molecular weight excluding hydrogens is 308 g/mol.